The molecule has 0 aliphatic carbocycles. The van der Waals surface area contributed by atoms with Gasteiger partial charge in [-0.3, -0.25) is 9.69 Å². The number of methoxy groups -OCH3 is 2. The number of nitrogens with one attached hydrogen (secondary N) is 1. The fourth-order valence-electron chi connectivity index (χ4n) is 6.20. The Balaban J connectivity index is 1.52. The largest absolute Gasteiger partial charge is 0.504 e. The first-order valence-electron chi connectivity index (χ1n) is 11.6. The molecule has 1 unspecified atom stereocenters. The van der Waals surface area contributed by atoms with E-state index in [-0.39, 0.29) is 29.6 Å². The number of carbonyl (C=O) groups excluding carboxylic acids is 2. The Hall–Kier alpha value is -3.06. The van der Waals surface area contributed by atoms with Crippen LogP contribution in [-0.2, 0) is 14.3 Å². The summed E-state index contributed by atoms with van der Waals surface area (Å²) in [6.07, 6.45) is 7.19. The van der Waals surface area contributed by atoms with Gasteiger partial charge in [0.25, 0.3) is 0 Å². The highest BCUT2D eigenvalue weighted by molar-refractivity contribution is 6.18. The summed E-state index contributed by atoms with van der Waals surface area (Å²) in [6.45, 7) is 3.84. The number of fused-ring (bicyclic) bond motifs is 3. The Morgan fingerprint density at radius 1 is 1.33 bits per heavy atom. The first-order chi connectivity index (χ1) is 16.0. The third-order valence-electron chi connectivity index (χ3n) is 7.79. The predicted octanol–water partition coefficient (Wildman–Crippen LogP) is 4.12. The Morgan fingerprint density at radius 2 is 2.18 bits per heavy atom. The number of Topliss-reactive ketones (excluding diaryl/α,β-unsaturated/α-hetero) is 1. The fourth-order valence-corrected chi connectivity index (χ4v) is 6.20. The van der Waals surface area contributed by atoms with Crippen molar-refractivity contribution in [3.63, 3.8) is 0 Å². The molecule has 3 aliphatic heterocycles. The third kappa shape index (κ3) is 3.29. The molecule has 0 bridgehead atoms. The van der Waals surface area contributed by atoms with Crippen molar-refractivity contribution in [2.45, 2.75) is 37.8 Å². The molecule has 4 heterocycles. The van der Waals surface area contributed by atoms with Crippen molar-refractivity contribution in [2.75, 3.05) is 32.6 Å². The molecule has 1 N–H and O–H groups in total. The molecule has 4 atom stereocenters. The Kier molecular flexibility index (Phi) is 5.52. The van der Waals surface area contributed by atoms with Crippen LogP contribution in [0.25, 0.3) is 11.1 Å². The monoisotopic (exact) mass is 450 g/mol. The number of furan rings is 1. The molecular weight excluding hydrogens is 420 g/mol. The van der Waals surface area contributed by atoms with Gasteiger partial charge in [0.05, 0.1) is 44.1 Å². The average Bonchev–Trinajstić information content (AvgIpc) is 3.56. The van der Waals surface area contributed by atoms with Crippen molar-refractivity contribution in [1.29, 1.82) is 0 Å². The van der Waals surface area contributed by atoms with E-state index in [9.17, 15) is 9.59 Å². The van der Waals surface area contributed by atoms with Crippen molar-refractivity contribution in [1.82, 2.24) is 4.90 Å². The molecular formula is C26H30N2O5. The van der Waals surface area contributed by atoms with Gasteiger partial charge in [-0.1, -0.05) is 25.5 Å². The zero-order valence-corrected chi connectivity index (χ0v) is 19.3. The predicted molar refractivity (Wildman–Crippen MR) is 124 cm³/mol. The summed E-state index contributed by atoms with van der Waals surface area (Å²) in [5.74, 6) is 0.0189. The molecule has 0 saturated carbocycles. The number of carbonyl (C=O) groups is 2. The number of ketones is 1. The second-order valence-corrected chi connectivity index (χ2v) is 9.24. The van der Waals surface area contributed by atoms with E-state index in [1.54, 1.807) is 19.6 Å². The highest BCUT2D eigenvalue weighted by Crippen LogP contribution is 2.50. The molecule has 2 saturated heterocycles. The van der Waals surface area contributed by atoms with E-state index in [0.29, 0.717) is 12.0 Å². The highest BCUT2D eigenvalue weighted by Gasteiger charge is 2.59. The number of benzene rings is 1. The van der Waals surface area contributed by atoms with Crippen molar-refractivity contribution in [3.8, 4) is 11.1 Å². The second kappa shape index (κ2) is 8.37. The molecule has 1 aromatic heterocycles. The van der Waals surface area contributed by atoms with E-state index in [4.69, 9.17) is 13.9 Å². The fraction of sp³-hybridized carbons (Fsp3) is 0.462. The minimum atomic E-state index is -0.701. The van der Waals surface area contributed by atoms with Crippen LogP contribution in [0.1, 0.15) is 36.5 Å². The third-order valence-corrected chi connectivity index (χ3v) is 7.79. The lowest BCUT2D eigenvalue weighted by molar-refractivity contribution is -0.137. The zero-order valence-electron chi connectivity index (χ0n) is 19.3. The maximum Gasteiger partial charge on any atom is 0.337 e. The Labute approximate surface area is 193 Å². The lowest BCUT2D eigenvalue weighted by Crippen LogP contribution is -2.57. The van der Waals surface area contributed by atoms with Gasteiger partial charge in [-0.15, -0.1) is 0 Å². The Bertz CT molecular complexity index is 1090. The van der Waals surface area contributed by atoms with Crippen molar-refractivity contribution >= 4 is 17.4 Å². The molecule has 7 heteroatoms. The minimum Gasteiger partial charge on any atom is -0.504 e. The van der Waals surface area contributed by atoms with E-state index in [1.165, 1.54) is 13.4 Å². The van der Waals surface area contributed by atoms with E-state index < -0.39 is 5.54 Å². The molecule has 7 nitrogen and oxygen atoms in total. The van der Waals surface area contributed by atoms with Gasteiger partial charge in [-0.05, 0) is 42.4 Å². The molecule has 5 rings (SSSR count). The average molecular weight is 451 g/mol. The lowest BCUT2D eigenvalue weighted by atomic mass is 9.71. The summed E-state index contributed by atoms with van der Waals surface area (Å²) in [6, 6.07) is 7.79. The number of piperidine rings is 1. The number of hydrogen-bond acceptors (Lipinski definition) is 7. The number of nitrogens with zero attached hydrogens (tertiary/aromatic N) is 1. The summed E-state index contributed by atoms with van der Waals surface area (Å²) in [4.78, 5) is 29.1. The summed E-state index contributed by atoms with van der Waals surface area (Å²) in [5.41, 5.74) is 3.24. The van der Waals surface area contributed by atoms with Crippen LogP contribution in [0.4, 0.5) is 5.69 Å². The van der Waals surface area contributed by atoms with Crippen molar-refractivity contribution in [3.05, 3.63) is 54.2 Å². The summed E-state index contributed by atoms with van der Waals surface area (Å²) < 4.78 is 15.6. The van der Waals surface area contributed by atoms with Gasteiger partial charge < -0.3 is 19.2 Å². The van der Waals surface area contributed by atoms with Gasteiger partial charge in [0.1, 0.15) is 5.54 Å². The topological polar surface area (TPSA) is 81.0 Å². The van der Waals surface area contributed by atoms with E-state index >= 15 is 0 Å². The molecule has 0 amide bonds. The van der Waals surface area contributed by atoms with E-state index in [1.807, 2.05) is 24.3 Å². The number of anilines is 1. The second-order valence-electron chi connectivity index (χ2n) is 9.24. The molecule has 0 radical (unpaired) electrons. The molecule has 1 aromatic carbocycles. The van der Waals surface area contributed by atoms with Crippen LogP contribution in [-0.4, -0.2) is 55.5 Å². The summed E-state index contributed by atoms with van der Waals surface area (Å²) >= 11 is 0. The van der Waals surface area contributed by atoms with Crippen LogP contribution in [0.3, 0.4) is 0 Å². The summed E-state index contributed by atoms with van der Waals surface area (Å²) in [7, 11) is 2.95. The quantitative estimate of drug-likeness (QED) is 0.417. The Morgan fingerprint density at radius 3 is 2.88 bits per heavy atom. The van der Waals surface area contributed by atoms with Crippen LogP contribution >= 0.6 is 0 Å². The highest BCUT2D eigenvalue weighted by atomic mass is 16.5. The van der Waals surface area contributed by atoms with Crippen molar-refractivity contribution in [2.24, 2.45) is 11.8 Å². The summed E-state index contributed by atoms with van der Waals surface area (Å²) in [5, 5.41) is 3.64. The van der Waals surface area contributed by atoms with Crippen molar-refractivity contribution < 1.29 is 23.5 Å². The van der Waals surface area contributed by atoms with E-state index in [0.717, 1.165) is 48.3 Å². The van der Waals surface area contributed by atoms with E-state index in [2.05, 4.69) is 17.1 Å². The molecule has 33 heavy (non-hydrogen) atoms. The van der Waals surface area contributed by atoms with Crippen LogP contribution in [0.2, 0.25) is 0 Å². The first-order valence-corrected chi connectivity index (χ1v) is 11.6. The molecule has 2 aromatic rings. The van der Waals surface area contributed by atoms with Gasteiger partial charge in [0.15, 0.2) is 5.78 Å². The number of ether oxygens (including phenoxy) is 2. The number of rotatable bonds is 5. The smallest absolute Gasteiger partial charge is 0.337 e. The van der Waals surface area contributed by atoms with Gasteiger partial charge in [0.2, 0.25) is 0 Å². The normalized spacial score (nSPS) is 29.0. The van der Waals surface area contributed by atoms with Crippen LogP contribution in [0, 0.1) is 11.8 Å². The van der Waals surface area contributed by atoms with Crippen LogP contribution in [0.5, 0.6) is 0 Å². The minimum absolute atomic E-state index is 0.0210. The molecule has 2 fully saturated rings. The van der Waals surface area contributed by atoms with Crippen LogP contribution in [0.15, 0.2) is 53.0 Å². The maximum absolute atomic E-state index is 14.1. The maximum atomic E-state index is 14.1. The first kappa shape index (κ1) is 21.8. The number of hydrogen-bond donors (Lipinski definition) is 1. The molecule has 174 valence electrons. The standard InChI is InChI=1S/C26H30N2O5/c1-4-16-13-28-10-9-26(22(28)12-19(16)20(15-31-2)25(30)32-3)24(29)23-18(17-8-11-33-14-17)6-5-7-21(23)27-26/h5-8,11,14-16,19,22,27H,4,9-10,12-13H2,1-3H3/b20-15+/t16-,19+,22?,26+/m1/s1. The molecule has 3 aliphatic rings. The molecule has 1 spiro atoms. The van der Waals surface area contributed by atoms with Gasteiger partial charge in [0, 0.05) is 30.4 Å². The zero-order chi connectivity index (χ0) is 23.2. The van der Waals surface area contributed by atoms with Crippen LogP contribution < -0.4 is 5.32 Å². The SMILES string of the molecule is CC[C@@H]1CN2CC[C@]3(Nc4cccc(-c5ccoc5)c4C3=O)C2C[C@@H]1/C(=C\OC)C(=O)OC. The number of esters is 1. The van der Waals surface area contributed by atoms with Gasteiger partial charge in [-0.2, -0.15) is 0 Å². The van der Waals surface area contributed by atoms with Gasteiger partial charge in [-0.25, -0.2) is 4.79 Å². The van der Waals surface area contributed by atoms with Gasteiger partial charge >= 0.3 is 5.97 Å². The lowest BCUT2D eigenvalue weighted by Gasteiger charge is -2.45.